The zero-order valence-electron chi connectivity index (χ0n) is 7.12. The standard InChI is InChI=1S/C8H12N2O3/c11-8(12)7-6-5(1-2-9-7)13-4-3-10-6/h1,6-7,9-10H,2-4H2,(H,11,12). The van der Waals surface area contributed by atoms with Gasteiger partial charge in [-0.3, -0.25) is 10.1 Å². The molecule has 2 atom stereocenters. The number of carbonyl (C=O) groups is 1. The van der Waals surface area contributed by atoms with E-state index in [0.717, 1.165) is 5.76 Å². The third-order valence-electron chi connectivity index (χ3n) is 2.28. The van der Waals surface area contributed by atoms with Gasteiger partial charge in [-0.05, 0) is 6.08 Å². The molecule has 0 aromatic rings. The summed E-state index contributed by atoms with van der Waals surface area (Å²) in [6.07, 6.45) is 1.89. The number of rotatable bonds is 1. The van der Waals surface area contributed by atoms with Crippen LogP contribution in [0.15, 0.2) is 11.8 Å². The number of fused-ring (bicyclic) bond motifs is 1. The number of aliphatic carboxylic acids is 1. The van der Waals surface area contributed by atoms with Crippen LogP contribution >= 0.6 is 0 Å². The van der Waals surface area contributed by atoms with Crippen molar-refractivity contribution < 1.29 is 14.6 Å². The summed E-state index contributed by atoms with van der Waals surface area (Å²) in [6.45, 7) is 1.88. The molecule has 5 nitrogen and oxygen atoms in total. The molecule has 0 saturated carbocycles. The van der Waals surface area contributed by atoms with Crippen molar-refractivity contribution in [2.24, 2.45) is 0 Å². The van der Waals surface area contributed by atoms with E-state index >= 15 is 0 Å². The molecule has 2 aliphatic rings. The third kappa shape index (κ3) is 1.52. The first-order valence-electron chi connectivity index (χ1n) is 4.31. The van der Waals surface area contributed by atoms with Gasteiger partial charge in [0.25, 0.3) is 0 Å². The van der Waals surface area contributed by atoms with Crippen LogP contribution in [0, 0.1) is 0 Å². The summed E-state index contributed by atoms with van der Waals surface area (Å²) < 4.78 is 5.36. The summed E-state index contributed by atoms with van der Waals surface area (Å²) >= 11 is 0. The van der Waals surface area contributed by atoms with E-state index in [0.29, 0.717) is 19.7 Å². The fraction of sp³-hybridized carbons (Fsp3) is 0.625. The minimum absolute atomic E-state index is 0.208. The number of nitrogens with one attached hydrogen (secondary N) is 2. The molecule has 72 valence electrons. The van der Waals surface area contributed by atoms with Gasteiger partial charge in [-0.1, -0.05) is 0 Å². The number of morpholine rings is 1. The molecule has 2 unspecified atom stereocenters. The number of carboxylic acids is 1. The third-order valence-corrected chi connectivity index (χ3v) is 2.28. The van der Waals surface area contributed by atoms with E-state index in [-0.39, 0.29) is 6.04 Å². The van der Waals surface area contributed by atoms with Gasteiger partial charge < -0.3 is 15.2 Å². The van der Waals surface area contributed by atoms with Crippen LogP contribution in [0.2, 0.25) is 0 Å². The van der Waals surface area contributed by atoms with Crippen LogP contribution in [0.1, 0.15) is 0 Å². The topological polar surface area (TPSA) is 70.6 Å². The van der Waals surface area contributed by atoms with Crippen LogP contribution in [0.3, 0.4) is 0 Å². The molecule has 2 rings (SSSR count). The molecule has 0 aliphatic carbocycles. The van der Waals surface area contributed by atoms with Crippen molar-refractivity contribution in [2.75, 3.05) is 19.7 Å². The van der Waals surface area contributed by atoms with E-state index < -0.39 is 12.0 Å². The van der Waals surface area contributed by atoms with E-state index in [9.17, 15) is 4.79 Å². The van der Waals surface area contributed by atoms with Gasteiger partial charge in [0.2, 0.25) is 0 Å². The van der Waals surface area contributed by atoms with Gasteiger partial charge in [0.05, 0.1) is 6.04 Å². The van der Waals surface area contributed by atoms with Gasteiger partial charge in [0.1, 0.15) is 18.4 Å². The highest BCUT2D eigenvalue weighted by atomic mass is 16.5. The molecule has 1 fully saturated rings. The maximum absolute atomic E-state index is 10.8. The lowest BCUT2D eigenvalue weighted by molar-refractivity contribution is -0.140. The average molecular weight is 184 g/mol. The van der Waals surface area contributed by atoms with Crippen LogP contribution in [0.25, 0.3) is 0 Å². The first kappa shape index (κ1) is 8.52. The van der Waals surface area contributed by atoms with Crippen LogP contribution in [0.5, 0.6) is 0 Å². The molecule has 5 heteroatoms. The number of carboxylic acid groups (broad SMARTS) is 1. The minimum atomic E-state index is -0.839. The highest BCUT2D eigenvalue weighted by Crippen LogP contribution is 2.15. The Bertz CT molecular complexity index is 252. The summed E-state index contributed by atoms with van der Waals surface area (Å²) in [7, 11) is 0. The van der Waals surface area contributed by atoms with Gasteiger partial charge >= 0.3 is 5.97 Å². The summed E-state index contributed by atoms with van der Waals surface area (Å²) in [5, 5.41) is 14.9. The first-order chi connectivity index (χ1) is 6.29. The largest absolute Gasteiger partial charge is 0.495 e. The number of hydrogen-bond donors (Lipinski definition) is 3. The predicted octanol–water partition coefficient (Wildman–Crippen LogP) is -1.08. The van der Waals surface area contributed by atoms with E-state index in [4.69, 9.17) is 9.84 Å². The second-order valence-electron chi connectivity index (χ2n) is 3.11. The maximum atomic E-state index is 10.8. The first-order valence-corrected chi connectivity index (χ1v) is 4.31. The molecular weight excluding hydrogens is 172 g/mol. The summed E-state index contributed by atoms with van der Waals surface area (Å²) in [6, 6.07) is -0.778. The monoisotopic (exact) mass is 184 g/mol. The van der Waals surface area contributed by atoms with Crippen molar-refractivity contribution in [3.63, 3.8) is 0 Å². The Morgan fingerprint density at radius 1 is 1.62 bits per heavy atom. The lowest BCUT2D eigenvalue weighted by Gasteiger charge is -2.34. The number of hydrogen-bond acceptors (Lipinski definition) is 4. The Morgan fingerprint density at radius 3 is 3.23 bits per heavy atom. The summed E-state index contributed by atoms with van der Waals surface area (Å²) in [4.78, 5) is 10.8. The van der Waals surface area contributed by atoms with Crippen LogP contribution < -0.4 is 10.6 Å². The quantitative estimate of drug-likeness (QED) is 0.483. The second kappa shape index (κ2) is 3.35. The Kier molecular flexibility index (Phi) is 2.20. The molecule has 0 aromatic carbocycles. The van der Waals surface area contributed by atoms with Crippen molar-refractivity contribution in [2.45, 2.75) is 12.1 Å². The predicted molar refractivity (Wildman–Crippen MR) is 45.3 cm³/mol. The van der Waals surface area contributed by atoms with Crippen molar-refractivity contribution in [3.8, 4) is 0 Å². The van der Waals surface area contributed by atoms with Gasteiger partial charge in [0.15, 0.2) is 0 Å². The van der Waals surface area contributed by atoms with Crippen molar-refractivity contribution in [1.82, 2.24) is 10.6 Å². The second-order valence-corrected chi connectivity index (χ2v) is 3.11. The van der Waals surface area contributed by atoms with E-state index in [2.05, 4.69) is 10.6 Å². The summed E-state index contributed by atoms with van der Waals surface area (Å²) in [5.74, 6) is -0.0778. The van der Waals surface area contributed by atoms with Crippen molar-refractivity contribution in [1.29, 1.82) is 0 Å². The molecule has 3 N–H and O–H groups in total. The lowest BCUT2D eigenvalue weighted by Crippen LogP contribution is -2.58. The normalized spacial score (nSPS) is 32.8. The Labute approximate surface area is 75.8 Å². The SMILES string of the molecule is O=C(O)C1NCC=C2OCCNC21. The smallest absolute Gasteiger partial charge is 0.322 e. The highest BCUT2D eigenvalue weighted by Gasteiger charge is 2.35. The summed E-state index contributed by atoms with van der Waals surface area (Å²) in [5.41, 5.74) is 0. The van der Waals surface area contributed by atoms with E-state index in [1.807, 2.05) is 6.08 Å². The van der Waals surface area contributed by atoms with Gasteiger partial charge in [-0.15, -0.1) is 0 Å². The van der Waals surface area contributed by atoms with Crippen LogP contribution in [0.4, 0.5) is 0 Å². The van der Waals surface area contributed by atoms with Crippen molar-refractivity contribution in [3.05, 3.63) is 11.8 Å². The maximum Gasteiger partial charge on any atom is 0.322 e. The Morgan fingerprint density at radius 2 is 2.46 bits per heavy atom. The average Bonchev–Trinajstić information content (AvgIpc) is 2.17. The molecule has 2 heterocycles. The lowest BCUT2D eigenvalue weighted by atomic mass is 10.0. The molecule has 13 heavy (non-hydrogen) atoms. The molecule has 0 radical (unpaired) electrons. The zero-order valence-corrected chi connectivity index (χ0v) is 7.12. The Balaban J connectivity index is 2.16. The van der Waals surface area contributed by atoms with Crippen LogP contribution in [-0.2, 0) is 9.53 Å². The highest BCUT2D eigenvalue weighted by molar-refractivity contribution is 5.75. The molecule has 1 saturated heterocycles. The van der Waals surface area contributed by atoms with E-state index in [1.165, 1.54) is 0 Å². The Hall–Kier alpha value is -1.07. The van der Waals surface area contributed by atoms with Crippen molar-refractivity contribution >= 4 is 5.97 Å². The van der Waals surface area contributed by atoms with E-state index in [1.54, 1.807) is 0 Å². The fourth-order valence-corrected chi connectivity index (χ4v) is 1.68. The van der Waals surface area contributed by atoms with Gasteiger partial charge in [0, 0.05) is 13.1 Å². The van der Waals surface area contributed by atoms with Gasteiger partial charge in [-0.25, -0.2) is 0 Å². The number of ether oxygens (including phenoxy) is 1. The molecule has 0 spiro atoms. The molecule has 0 aromatic heterocycles. The molecule has 2 aliphatic heterocycles. The minimum Gasteiger partial charge on any atom is -0.495 e. The zero-order chi connectivity index (χ0) is 9.26. The fourth-order valence-electron chi connectivity index (χ4n) is 1.68. The molecular formula is C8H12N2O3. The molecule has 0 bridgehead atoms. The van der Waals surface area contributed by atoms with Gasteiger partial charge in [-0.2, -0.15) is 0 Å². The van der Waals surface area contributed by atoms with Crippen LogP contribution in [-0.4, -0.2) is 42.9 Å². The molecule has 0 amide bonds.